The van der Waals surface area contributed by atoms with E-state index < -0.39 is 154 Å². The number of ether oxygens (including phenoxy) is 6. The number of aliphatic hydroxyl groups excluding tert-OH is 8. The van der Waals surface area contributed by atoms with Crippen LogP contribution in [0.5, 0.6) is 0 Å². The van der Waals surface area contributed by atoms with Gasteiger partial charge in [0.25, 0.3) is 0 Å². The van der Waals surface area contributed by atoms with Crippen LogP contribution in [0.25, 0.3) is 0 Å². The van der Waals surface area contributed by atoms with Crippen molar-refractivity contribution in [1.82, 2.24) is 16.0 Å². The Morgan fingerprint density at radius 3 is 1.50 bits per heavy atom. The average molecular weight is 760 g/mol. The fraction of sp³-hybridized carbons (Fsp3) is 0.821. The minimum absolute atomic E-state index is 0.802. The molecule has 3 aliphatic heterocycles. The van der Waals surface area contributed by atoms with Gasteiger partial charge in [-0.15, -0.1) is 0 Å². The lowest BCUT2D eigenvalue weighted by Crippen LogP contribution is -2.72. The summed E-state index contributed by atoms with van der Waals surface area (Å²) in [5, 5.41) is 109. The molecule has 13 N–H and O–H groups in total. The van der Waals surface area contributed by atoms with Crippen LogP contribution in [0.4, 0.5) is 0 Å². The molecule has 3 rings (SSSR count). The Balaban J connectivity index is 2.10. The molecule has 0 aromatic rings. The molecule has 52 heavy (non-hydrogen) atoms. The van der Waals surface area contributed by atoms with E-state index in [4.69, 9.17) is 28.4 Å². The van der Waals surface area contributed by atoms with E-state index in [2.05, 4.69) is 16.0 Å². The number of aliphatic hydroxyl groups is 8. The Morgan fingerprint density at radius 2 is 1.06 bits per heavy atom. The normalized spacial score (nSPS) is 39.1. The average Bonchev–Trinajstić information content (AvgIpc) is 3.06. The van der Waals surface area contributed by atoms with Crippen LogP contribution in [0.1, 0.15) is 20.8 Å². The van der Waals surface area contributed by atoms with Gasteiger partial charge in [-0.05, 0) is 0 Å². The Bertz CT molecular complexity index is 1260. The molecule has 3 amide bonds. The first-order chi connectivity index (χ1) is 24.4. The molecule has 0 aromatic carbocycles. The molecule has 17 atom stereocenters. The van der Waals surface area contributed by atoms with E-state index in [0.29, 0.717) is 0 Å². The fourth-order valence-corrected chi connectivity index (χ4v) is 5.88. The molecule has 3 heterocycles. The van der Waals surface area contributed by atoms with Gasteiger partial charge in [-0.2, -0.15) is 0 Å². The molecule has 0 bridgehead atoms. The first-order valence-electron chi connectivity index (χ1n) is 15.8. The highest BCUT2D eigenvalue weighted by atomic mass is 16.7. The van der Waals surface area contributed by atoms with E-state index in [1.54, 1.807) is 0 Å². The molecule has 24 heteroatoms. The number of amides is 3. The van der Waals surface area contributed by atoms with Gasteiger partial charge in [0.05, 0.1) is 19.8 Å². The largest absolute Gasteiger partial charge is 0.479 e. The molecule has 3 saturated heterocycles. The summed E-state index contributed by atoms with van der Waals surface area (Å²) in [6.07, 6.45) is -27.6. The molecule has 0 unspecified atom stereocenters. The number of carbonyl (C=O) groups is 5. The predicted molar refractivity (Wildman–Crippen MR) is 160 cm³/mol. The minimum atomic E-state index is -2.29. The van der Waals surface area contributed by atoms with Gasteiger partial charge >= 0.3 is 11.9 Å². The van der Waals surface area contributed by atoms with Crippen LogP contribution in [-0.4, -0.2) is 205 Å². The summed E-state index contributed by atoms with van der Waals surface area (Å²) in [6.45, 7) is 0.232. The van der Waals surface area contributed by atoms with Gasteiger partial charge in [0.2, 0.25) is 17.7 Å². The number of hydrogen-bond donors (Lipinski definition) is 13. The molecule has 24 nitrogen and oxygen atoms in total. The summed E-state index contributed by atoms with van der Waals surface area (Å²) in [7, 11) is 0. The van der Waals surface area contributed by atoms with E-state index in [1.807, 2.05) is 0 Å². The highest BCUT2D eigenvalue weighted by Gasteiger charge is 2.57. The third-order valence-corrected chi connectivity index (χ3v) is 8.31. The number of aliphatic carboxylic acids is 2. The molecule has 0 aromatic heterocycles. The van der Waals surface area contributed by atoms with Crippen LogP contribution in [0, 0.1) is 0 Å². The summed E-state index contributed by atoms with van der Waals surface area (Å²) < 4.78 is 33.7. The van der Waals surface area contributed by atoms with E-state index in [0.717, 1.165) is 20.8 Å². The molecule has 0 radical (unpaired) electrons. The van der Waals surface area contributed by atoms with Gasteiger partial charge in [0.1, 0.15) is 73.1 Å². The van der Waals surface area contributed by atoms with E-state index >= 15 is 0 Å². The monoisotopic (exact) mass is 759 g/mol. The quantitative estimate of drug-likeness (QED) is 0.0737. The van der Waals surface area contributed by atoms with Crippen molar-refractivity contribution >= 4 is 29.7 Å². The second-order valence-corrected chi connectivity index (χ2v) is 12.2. The maximum Gasteiger partial charge on any atom is 0.335 e. The highest BCUT2D eigenvalue weighted by molar-refractivity contribution is 5.76. The Kier molecular flexibility index (Phi) is 15.5. The number of nitrogens with one attached hydrogen (secondary N) is 3. The predicted octanol–water partition coefficient (Wildman–Crippen LogP) is -8.22. The first kappa shape index (κ1) is 43.2. The molecular formula is C28H45N3O21. The second-order valence-electron chi connectivity index (χ2n) is 12.2. The molecule has 0 aliphatic carbocycles. The third-order valence-electron chi connectivity index (χ3n) is 8.31. The van der Waals surface area contributed by atoms with Crippen LogP contribution in [0.3, 0.4) is 0 Å². The molecule has 0 saturated carbocycles. The fourth-order valence-electron chi connectivity index (χ4n) is 5.88. The van der Waals surface area contributed by atoms with Crippen molar-refractivity contribution < 1.29 is 103 Å². The van der Waals surface area contributed by atoms with Crippen LogP contribution in [-0.2, 0) is 52.4 Å². The summed E-state index contributed by atoms with van der Waals surface area (Å²) in [5.74, 6) is -6.16. The Hall–Kier alpha value is -3.21. The van der Waals surface area contributed by atoms with Gasteiger partial charge in [-0.1, -0.05) is 0 Å². The van der Waals surface area contributed by atoms with E-state index in [-0.39, 0.29) is 0 Å². The maximum absolute atomic E-state index is 12.5. The smallest absolute Gasteiger partial charge is 0.335 e. The number of rotatable bonds is 15. The lowest BCUT2D eigenvalue weighted by atomic mass is 9.93. The van der Waals surface area contributed by atoms with Crippen LogP contribution < -0.4 is 16.0 Å². The lowest BCUT2D eigenvalue weighted by molar-refractivity contribution is -0.347. The van der Waals surface area contributed by atoms with Crippen molar-refractivity contribution in [2.24, 2.45) is 0 Å². The van der Waals surface area contributed by atoms with Crippen molar-refractivity contribution in [1.29, 1.82) is 0 Å². The van der Waals surface area contributed by atoms with Crippen molar-refractivity contribution in [2.45, 2.75) is 125 Å². The number of carbonyl (C=O) groups excluding carboxylic acids is 3. The molecular weight excluding hydrogens is 714 g/mol. The highest BCUT2D eigenvalue weighted by Crippen LogP contribution is 2.33. The van der Waals surface area contributed by atoms with Gasteiger partial charge in [0, 0.05) is 20.8 Å². The summed E-state index contributed by atoms with van der Waals surface area (Å²) in [6, 6.07) is -5.24. The number of carboxylic acid groups (broad SMARTS) is 2. The van der Waals surface area contributed by atoms with Gasteiger partial charge < -0.3 is 95.4 Å². The van der Waals surface area contributed by atoms with Crippen LogP contribution in [0.15, 0.2) is 0 Å². The molecule has 3 fully saturated rings. The maximum atomic E-state index is 12.5. The van der Waals surface area contributed by atoms with E-state index in [9.17, 15) is 75.0 Å². The second kappa shape index (κ2) is 18.7. The standard InChI is InChI=1S/C28H45N3O21/c1-7(35)29-13-17(40)18(41)22(24(43)44)51-26(13)50-21-15(31-9(3)37)28(52-23(19(21)42)25(45)46)49-20-14(30-8(2)36)27(48-12(6-34)16(20)39)47-11(5-33)10(38)4-32/h10-23,26-28,32-34,38-42H,4-6H2,1-3H3,(H,29,35)(H,30,36)(H,31,37)(H,43,44)(H,45,46)/t10-,11+,12-,13-,14-,15-,16-,17-,18-,19-,20-,21-,22+,23+,26+,27+,28+/m1/s1. The number of carboxylic acids is 2. The Labute approximate surface area is 294 Å². The topological polar surface area (TPSA) is 379 Å². The van der Waals surface area contributed by atoms with Crippen molar-refractivity contribution in [3.05, 3.63) is 0 Å². The van der Waals surface area contributed by atoms with Crippen LogP contribution in [0.2, 0.25) is 0 Å². The lowest BCUT2D eigenvalue weighted by Gasteiger charge is -2.50. The van der Waals surface area contributed by atoms with E-state index in [1.165, 1.54) is 0 Å². The summed E-state index contributed by atoms with van der Waals surface area (Å²) in [5.41, 5.74) is 0. The van der Waals surface area contributed by atoms with Gasteiger partial charge in [0.15, 0.2) is 31.1 Å². The third kappa shape index (κ3) is 10.1. The SMILES string of the molecule is CC(=O)N[C@H]1[C@@H](O[C@H]2[C@@H](O)[C@@H](C(=O)O)O[C@H](O[C@H]3[C@H](O)[C@@H](CO)O[C@H](O[C@@H](CO)[C@H](O)CO)[C@@H]3NC(C)=O)[C@@H]2NC(C)=O)O[C@H](C(=O)O)[C@H](O)[C@@H]1O. The van der Waals surface area contributed by atoms with Crippen molar-refractivity contribution in [3.8, 4) is 0 Å². The Morgan fingerprint density at radius 1 is 0.615 bits per heavy atom. The zero-order valence-corrected chi connectivity index (χ0v) is 27.9. The molecule has 0 spiro atoms. The van der Waals surface area contributed by atoms with Crippen LogP contribution >= 0.6 is 0 Å². The zero-order chi connectivity index (χ0) is 39.2. The number of hydrogen-bond acceptors (Lipinski definition) is 19. The van der Waals surface area contributed by atoms with Crippen molar-refractivity contribution in [3.63, 3.8) is 0 Å². The zero-order valence-electron chi connectivity index (χ0n) is 27.9. The van der Waals surface area contributed by atoms with Gasteiger partial charge in [-0.25, -0.2) is 9.59 Å². The molecule has 298 valence electrons. The minimum Gasteiger partial charge on any atom is -0.479 e. The van der Waals surface area contributed by atoms with Crippen molar-refractivity contribution in [2.75, 3.05) is 19.8 Å². The molecule has 3 aliphatic rings. The summed E-state index contributed by atoms with van der Waals surface area (Å²) >= 11 is 0. The first-order valence-corrected chi connectivity index (χ1v) is 15.8. The summed E-state index contributed by atoms with van der Waals surface area (Å²) in [4.78, 5) is 60.9. The van der Waals surface area contributed by atoms with Gasteiger partial charge in [-0.3, -0.25) is 14.4 Å².